The predicted molar refractivity (Wildman–Crippen MR) is 83.5 cm³/mol. The topological polar surface area (TPSA) is 29.4 Å². The van der Waals surface area contributed by atoms with E-state index in [-0.39, 0.29) is 17.7 Å². The van der Waals surface area contributed by atoms with E-state index in [1.807, 2.05) is 0 Å². The minimum absolute atomic E-state index is 0.280. The number of alkyl halides is 3. The van der Waals surface area contributed by atoms with Crippen molar-refractivity contribution in [3.05, 3.63) is 34.4 Å². The summed E-state index contributed by atoms with van der Waals surface area (Å²) in [5, 5.41) is -0.828. The van der Waals surface area contributed by atoms with E-state index >= 15 is 0 Å². The highest BCUT2D eigenvalue weighted by Gasteiger charge is 2.58. The molecular weight excluding hydrogens is 373 g/mol. The van der Waals surface area contributed by atoms with Crippen molar-refractivity contribution < 1.29 is 26.2 Å². The van der Waals surface area contributed by atoms with Crippen molar-refractivity contribution in [2.24, 2.45) is 16.2 Å². The smallest absolute Gasteiger partial charge is 0.234 e. The molecule has 1 aromatic carbocycles. The van der Waals surface area contributed by atoms with Crippen LogP contribution in [0.2, 0.25) is 5.02 Å². The standard InChI is InChI=1S/C15H15ClF5NOS/c1-14(2,3)24(23)22-13(8-6-9(8)15(19,20)21)7-4-5-10(17)11(16)12(7)18/h4-5,8-9H,6H2,1-3H3/t8-,9-,24-/m1/s1. The van der Waals surface area contributed by atoms with Gasteiger partial charge >= 0.3 is 6.18 Å². The molecule has 3 atom stereocenters. The van der Waals surface area contributed by atoms with E-state index in [0.717, 1.165) is 12.1 Å². The molecule has 1 saturated carbocycles. The lowest BCUT2D eigenvalue weighted by atomic mass is 10.0. The Labute approximate surface area is 143 Å². The zero-order valence-electron chi connectivity index (χ0n) is 13.0. The molecule has 2 rings (SSSR count). The molecule has 134 valence electrons. The van der Waals surface area contributed by atoms with Gasteiger partial charge in [-0.1, -0.05) is 11.6 Å². The highest BCUT2D eigenvalue weighted by Crippen LogP contribution is 2.52. The fourth-order valence-corrected chi connectivity index (χ4v) is 2.98. The Morgan fingerprint density at radius 3 is 2.29 bits per heavy atom. The van der Waals surface area contributed by atoms with Crippen molar-refractivity contribution in [3.8, 4) is 0 Å². The van der Waals surface area contributed by atoms with Gasteiger partial charge in [-0.15, -0.1) is 0 Å². The molecule has 1 fully saturated rings. The number of nitrogens with zero attached hydrogens (tertiary/aromatic N) is 1. The Balaban J connectivity index is 2.52. The molecule has 1 aliphatic rings. The van der Waals surface area contributed by atoms with Crippen LogP contribution in [0.4, 0.5) is 22.0 Å². The quantitative estimate of drug-likeness (QED) is 0.404. The first-order valence-corrected chi connectivity index (χ1v) is 8.53. The molecule has 1 aliphatic carbocycles. The molecule has 0 saturated heterocycles. The lowest BCUT2D eigenvalue weighted by molar-refractivity contribution is -0.149. The Morgan fingerprint density at radius 1 is 1.25 bits per heavy atom. The summed E-state index contributed by atoms with van der Waals surface area (Å²) in [7, 11) is -1.89. The summed E-state index contributed by atoms with van der Waals surface area (Å²) in [6, 6.07) is 1.82. The maximum absolute atomic E-state index is 14.2. The maximum atomic E-state index is 14.2. The summed E-state index contributed by atoms with van der Waals surface area (Å²) in [5.41, 5.74) is -0.638. The summed E-state index contributed by atoms with van der Waals surface area (Å²) < 4.78 is 81.4. The van der Waals surface area contributed by atoms with E-state index < -0.39 is 50.4 Å². The van der Waals surface area contributed by atoms with E-state index in [2.05, 4.69) is 4.40 Å². The van der Waals surface area contributed by atoms with Gasteiger partial charge in [0.05, 0.1) is 16.4 Å². The first-order chi connectivity index (χ1) is 10.8. The first kappa shape index (κ1) is 19.3. The number of benzene rings is 1. The second-order valence-electron chi connectivity index (χ2n) is 6.55. The van der Waals surface area contributed by atoms with Crippen molar-refractivity contribution >= 4 is 28.3 Å². The Bertz CT molecular complexity index is 711. The fraction of sp³-hybridized carbons (Fsp3) is 0.533. The van der Waals surface area contributed by atoms with Crippen molar-refractivity contribution in [1.29, 1.82) is 0 Å². The molecule has 1 aromatic rings. The summed E-state index contributed by atoms with van der Waals surface area (Å²) in [4.78, 5) is 0. The number of halogens is 6. The highest BCUT2D eigenvalue weighted by molar-refractivity contribution is 7.85. The van der Waals surface area contributed by atoms with E-state index in [1.165, 1.54) is 0 Å². The molecule has 0 bridgehead atoms. The van der Waals surface area contributed by atoms with Gasteiger partial charge in [0.1, 0.15) is 21.8 Å². The van der Waals surface area contributed by atoms with E-state index in [4.69, 9.17) is 11.6 Å². The van der Waals surface area contributed by atoms with Gasteiger partial charge in [-0.2, -0.15) is 17.6 Å². The third-order valence-corrected chi connectivity index (χ3v) is 5.34. The second kappa shape index (κ2) is 6.37. The van der Waals surface area contributed by atoms with Gasteiger partial charge in [0.2, 0.25) is 0 Å². The van der Waals surface area contributed by atoms with E-state index in [9.17, 15) is 26.2 Å². The van der Waals surface area contributed by atoms with Gasteiger partial charge < -0.3 is 0 Å². The molecule has 9 heteroatoms. The van der Waals surface area contributed by atoms with Crippen LogP contribution < -0.4 is 0 Å². The lowest BCUT2D eigenvalue weighted by Gasteiger charge is -2.16. The summed E-state index contributed by atoms with van der Waals surface area (Å²) in [6.45, 7) is 4.77. The SMILES string of the molecule is CC(C)(C)[S@@](=O)N=C(c1ccc(F)c(Cl)c1F)[C@@H]1C[C@H]1C(F)(F)F. The normalized spacial score (nSPS) is 23.3. The van der Waals surface area contributed by atoms with Gasteiger partial charge in [0.25, 0.3) is 0 Å². The molecule has 2 nitrogen and oxygen atoms in total. The van der Waals surface area contributed by atoms with E-state index in [1.54, 1.807) is 20.8 Å². The van der Waals surface area contributed by atoms with Gasteiger partial charge in [-0.25, -0.2) is 13.0 Å². The number of hydrogen-bond acceptors (Lipinski definition) is 1. The van der Waals surface area contributed by atoms with Crippen LogP contribution >= 0.6 is 11.6 Å². The van der Waals surface area contributed by atoms with Gasteiger partial charge in [0, 0.05) is 11.5 Å². The van der Waals surface area contributed by atoms with Crippen molar-refractivity contribution in [1.82, 2.24) is 0 Å². The zero-order chi connectivity index (χ0) is 18.4. The largest absolute Gasteiger partial charge is 0.392 e. The molecule has 0 amide bonds. The van der Waals surface area contributed by atoms with Gasteiger partial charge in [-0.05, 0) is 39.3 Å². The number of hydrogen-bond donors (Lipinski definition) is 0. The minimum atomic E-state index is -4.46. The predicted octanol–water partition coefficient (Wildman–Crippen LogP) is 5.07. The highest BCUT2D eigenvalue weighted by atomic mass is 35.5. The van der Waals surface area contributed by atoms with Crippen molar-refractivity contribution in [2.75, 3.05) is 0 Å². The molecule has 0 N–H and O–H groups in total. The van der Waals surface area contributed by atoms with Crippen LogP contribution in [0.1, 0.15) is 32.8 Å². The second-order valence-corrected chi connectivity index (χ2v) is 8.83. The third kappa shape index (κ3) is 3.96. The van der Waals surface area contributed by atoms with E-state index in [0.29, 0.717) is 0 Å². The van der Waals surface area contributed by atoms with Crippen molar-refractivity contribution in [2.45, 2.75) is 38.1 Å². The molecule has 0 aliphatic heterocycles. The molecule has 24 heavy (non-hydrogen) atoms. The van der Waals surface area contributed by atoms with Crippen LogP contribution in [0.5, 0.6) is 0 Å². The Morgan fingerprint density at radius 2 is 1.83 bits per heavy atom. The molecule has 0 unspecified atom stereocenters. The molecule has 0 spiro atoms. The molecular formula is C15H15ClF5NOS. The first-order valence-electron chi connectivity index (χ1n) is 7.05. The molecule has 0 radical (unpaired) electrons. The fourth-order valence-electron chi connectivity index (χ4n) is 2.13. The number of rotatable bonds is 3. The maximum Gasteiger partial charge on any atom is 0.392 e. The summed E-state index contributed by atoms with van der Waals surface area (Å²) in [5.74, 6) is -5.03. The van der Waals surface area contributed by atoms with Crippen LogP contribution in [-0.4, -0.2) is 20.8 Å². The van der Waals surface area contributed by atoms with Crippen LogP contribution in [0.15, 0.2) is 16.5 Å². The average Bonchev–Trinajstić information content (AvgIpc) is 3.22. The van der Waals surface area contributed by atoms with Crippen LogP contribution in [-0.2, 0) is 11.0 Å². The molecule has 0 heterocycles. The lowest BCUT2D eigenvalue weighted by Crippen LogP contribution is -2.23. The van der Waals surface area contributed by atoms with Crippen LogP contribution in [0.3, 0.4) is 0 Å². The monoisotopic (exact) mass is 387 g/mol. The third-order valence-electron chi connectivity index (χ3n) is 3.58. The van der Waals surface area contributed by atoms with Crippen LogP contribution in [0.25, 0.3) is 0 Å². The summed E-state index contributed by atoms with van der Waals surface area (Å²) >= 11 is 5.50. The Hall–Kier alpha value is -1.02. The van der Waals surface area contributed by atoms with Gasteiger partial charge in [-0.3, -0.25) is 0 Å². The zero-order valence-corrected chi connectivity index (χ0v) is 14.6. The van der Waals surface area contributed by atoms with Gasteiger partial charge in [0.15, 0.2) is 5.82 Å². The summed E-state index contributed by atoms with van der Waals surface area (Å²) in [6.07, 6.45) is -4.74. The Kier molecular flexibility index (Phi) is 5.12. The average molecular weight is 388 g/mol. The minimum Gasteiger partial charge on any atom is -0.234 e. The van der Waals surface area contributed by atoms with Crippen LogP contribution in [0, 0.1) is 23.5 Å². The van der Waals surface area contributed by atoms with Crippen molar-refractivity contribution in [3.63, 3.8) is 0 Å². The molecule has 0 aromatic heterocycles.